The van der Waals surface area contributed by atoms with E-state index in [2.05, 4.69) is 26.2 Å². The third-order valence-electron chi connectivity index (χ3n) is 4.43. The van der Waals surface area contributed by atoms with Crippen molar-refractivity contribution in [2.45, 2.75) is 13.3 Å². The largest absolute Gasteiger partial charge is 0.493 e. The molecule has 2 heterocycles. The summed E-state index contributed by atoms with van der Waals surface area (Å²) in [7, 11) is 4.54. The van der Waals surface area contributed by atoms with Gasteiger partial charge < -0.3 is 23.9 Å². The molecule has 0 unspecified atom stereocenters. The van der Waals surface area contributed by atoms with Crippen molar-refractivity contribution in [3.63, 3.8) is 0 Å². The molecule has 148 valence electrons. The van der Waals surface area contributed by atoms with Gasteiger partial charge in [0.05, 0.1) is 37.1 Å². The molecule has 0 saturated heterocycles. The maximum atomic E-state index is 12.7. The first kappa shape index (κ1) is 20.0. The molecule has 0 radical (unpaired) electrons. The van der Waals surface area contributed by atoms with Crippen molar-refractivity contribution in [3.8, 4) is 17.2 Å². The summed E-state index contributed by atoms with van der Waals surface area (Å²) in [5, 5.41) is 2.92. The van der Waals surface area contributed by atoms with Crippen LogP contribution in [0.5, 0.6) is 17.2 Å². The first-order valence-corrected chi connectivity index (χ1v) is 9.49. The van der Waals surface area contributed by atoms with Crippen LogP contribution < -0.4 is 19.5 Å². The quantitative estimate of drug-likeness (QED) is 0.600. The van der Waals surface area contributed by atoms with Crippen LogP contribution in [0.25, 0.3) is 5.65 Å². The number of carbonyl (C=O) groups excluding carboxylic acids is 1. The Morgan fingerprint density at radius 2 is 1.93 bits per heavy atom. The van der Waals surface area contributed by atoms with Crippen LogP contribution in [0.2, 0.25) is 0 Å². The van der Waals surface area contributed by atoms with Crippen molar-refractivity contribution >= 4 is 27.5 Å². The second kappa shape index (κ2) is 8.52. The number of imidazole rings is 1. The van der Waals surface area contributed by atoms with E-state index in [9.17, 15) is 4.79 Å². The lowest BCUT2D eigenvalue weighted by molar-refractivity contribution is 0.0952. The number of halogens is 1. The maximum Gasteiger partial charge on any atom is 0.252 e. The zero-order valence-corrected chi connectivity index (χ0v) is 17.8. The third-order valence-corrected chi connectivity index (χ3v) is 5.21. The number of aryl methyl sites for hydroxylation is 1. The summed E-state index contributed by atoms with van der Waals surface area (Å²) in [6.07, 6.45) is 2.61. The van der Waals surface area contributed by atoms with E-state index >= 15 is 0 Å². The summed E-state index contributed by atoms with van der Waals surface area (Å²) >= 11 is 3.43. The Hall–Kier alpha value is -2.74. The standard InChI is InChI=1S/C20H22BrN3O4/c1-12-6-5-7-16-23-13(11-24(12)16)8-9-22-20(25)14-10-15(26-2)18(27-3)19(28-4)17(14)21/h5-7,10-11H,8-9H2,1-4H3,(H,22,25). The van der Waals surface area contributed by atoms with Crippen molar-refractivity contribution in [2.24, 2.45) is 0 Å². The molecule has 0 aliphatic carbocycles. The minimum atomic E-state index is -0.244. The van der Waals surface area contributed by atoms with E-state index in [-0.39, 0.29) is 5.91 Å². The van der Waals surface area contributed by atoms with E-state index in [1.54, 1.807) is 6.07 Å². The number of ether oxygens (including phenoxy) is 3. The minimum Gasteiger partial charge on any atom is -0.493 e. The molecule has 0 spiro atoms. The van der Waals surface area contributed by atoms with E-state index in [0.29, 0.717) is 40.3 Å². The van der Waals surface area contributed by atoms with Gasteiger partial charge in [0.25, 0.3) is 5.91 Å². The normalized spacial score (nSPS) is 10.8. The minimum absolute atomic E-state index is 0.244. The van der Waals surface area contributed by atoms with Crippen LogP contribution in [-0.4, -0.2) is 43.2 Å². The summed E-state index contributed by atoms with van der Waals surface area (Å²) in [6.45, 7) is 2.48. The van der Waals surface area contributed by atoms with Crippen molar-refractivity contribution in [3.05, 3.63) is 51.9 Å². The van der Waals surface area contributed by atoms with Crippen molar-refractivity contribution in [1.29, 1.82) is 0 Å². The lowest BCUT2D eigenvalue weighted by Gasteiger charge is -2.16. The third kappa shape index (κ3) is 3.77. The molecule has 1 N–H and O–H groups in total. The van der Waals surface area contributed by atoms with E-state index in [0.717, 1.165) is 17.0 Å². The first-order valence-electron chi connectivity index (χ1n) is 8.70. The fraction of sp³-hybridized carbons (Fsp3) is 0.300. The molecule has 0 aliphatic rings. The van der Waals surface area contributed by atoms with Crippen molar-refractivity contribution in [1.82, 2.24) is 14.7 Å². The van der Waals surface area contributed by atoms with Gasteiger partial charge in [-0.1, -0.05) is 6.07 Å². The van der Waals surface area contributed by atoms with Crippen LogP contribution in [0.4, 0.5) is 0 Å². The van der Waals surface area contributed by atoms with Gasteiger partial charge in [-0.3, -0.25) is 4.79 Å². The molecule has 28 heavy (non-hydrogen) atoms. The number of pyridine rings is 1. The SMILES string of the molecule is COc1cc(C(=O)NCCc2cn3c(C)cccc3n2)c(Br)c(OC)c1OC. The van der Waals surface area contributed by atoms with Gasteiger partial charge in [0.15, 0.2) is 11.5 Å². The van der Waals surface area contributed by atoms with Crippen LogP contribution in [0, 0.1) is 6.92 Å². The van der Waals surface area contributed by atoms with E-state index in [4.69, 9.17) is 14.2 Å². The van der Waals surface area contributed by atoms with Gasteiger partial charge in [-0.15, -0.1) is 0 Å². The fourth-order valence-corrected chi connectivity index (χ4v) is 3.64. The molecule has 1 aromatic carbocycles. The zero-order chi connectivity index (χ0) is 20.3. The Kier molecular flexibility index (Phi) is 6.08. The summed E-state index contributed by atoms with van der Waals surface area (Å²) in [6, 6.07) is 7.59. The summed E-state index contributed by atoms with van der Waals surface area (Å²) < 4.78 is 18.6. The monoisotopic (exact) mass is 447 g/mol. The molecule has 0 bridgehead atoms. The highest BCUT2D eigenvalue weighted by molar-refractivity contribution is 9.10. The van der Waals surface area contributed by atoms with Gasteiger partial charge in [0, 0.05) is 24.9 Å². The predicted molar refractivity (Wildman–Crippen MR) is 110 cm³/mol. The second-order valence-electron chi connectivity index (χ2n) is 6.14. The molecule has 0 atom stereocenters. The number of hydrogen-bond acceptors (Lipinski definition) is 5. The average molecular weight is 448 g/mol. The van der Waals surface area contributed by atoms with Crippen LogP contribution >= 0.6 is 15.9 Å². The smallest absolute Gasteiger partial charge is 0.252 e. The number of rotatable bonds is 7. The van der Waals surface area contributed by atoms with Crippen LogP contribution in [0.3, 0.4) is 0 Å². The summed E-state index contributed by atoms with van der Waals surface area (Å²) in [4.78, 5) is 17.3. The molecule has 0 fully saturated rings. The molecule has 2 aromatic heterocycles. The Labute approximate surface area is 171 Å². The Morgan fingerprint density at radius 1 is 1.18 bits per heavy atom. The lowest BCUT2D eigenvalue weighted by atomic mass is 10.1. The van der Waals surface area contributed by atoms with Gasteiger partial charge in [-0.2, -0.15) is 0 Å². The Balaban J connectivity index is 1.74. The summed E-state index contributed by atoms with van der Waals surface area (Å²) in [5.74, 6) is 1.01. The first-order chi connectivity index (χ1) is 13.5. The van der Waals surface area contributed by atoms with Crippen LogP contribution in [0.1, 0.15) is 21.7 Å². The summed E-state index contributed by atoms with van der Waals surface area (Å²) in [5.41, 5.74) is 3.33. The number of amides is 1. The highest BCUT2D eigenvalue weighted by Gasteiger charge is 2.22. The number of nitrogens with zero attached hydrogens (tertiary/aromatic N) is 2. The van der Waals surface area contributed by atoms with Crippen LogP contribution in [-0.2, 0) is 6.42 Å². The number of benzene rings is 1. The molecular formula is C20H22BrN3O4. The fourth-order valence-electron chi connectivity index (χ4n) is 3.00. The van der Waals surface area contributed by atoms with E-state index in [1.165, 1.54) is 21.3 Å². The molecular weight excluding hydrogens is 426 g/mol. The van der Waals surface area contributed by atoms with Crippen molar-refractivity contribution < 1.29 is 19.0 Å². The number of aromatic nitrogens is 2. The van der Waals surface area contributed by atoms with Gasteiger partial charge in [-0.05, 0) is 41.1 Å². The average Bonchev–Trinajstić information content (AvgIpc) is 3.11. The Bertz CT molecular complexity index is 1020. The van der Waals surface area contributed by atoms with Crippen LogP contribution in [0.15, 0.2) is 34.9 Å². The number of hydrogen-bond donors (Lipinski definition) is 1. The van der Waals surface area contributed by atoms with Gasteiger partial charge in [0.1, 0.15) is 5.65 Å². The highest BCUT2D eigenvalue weighted by atomic mass is 79.9. The zero-order valence-electron chi connectivity index (χ0n) is 16.2. The lowest BCUT2D eigenvalue weighted by Crippen LogP contribution is -2.26. The van der Waals surface area contributed by atoms with Gasteiger partial charge >= 0.3 is 0 Å². The number of methoxy groups -OCH3 is 3. The maximum absolute atomic E-state index is 12.7. The molecule has 8 heteroatoms. The highest BCUT2D eigenvalue weighted by Crippen LogP contribution is 2.44. The Morgan fingerprint density at radius 3 is 2.57 bits per heavy atom. The second-order valence-corrected chi connectivity index (χ2v) is 6.93. The number of fused-ring (bicyclic) bond motifs is 1. The number of carbonyl (C=O) groups is 1. The van der Waals surface area contributed by atoms with Gasteiger partial charge in [-0.25, -0.2) is 4.98 Å². The predicted octanol–water partition coefficient (Wildman–Crippen LogP) is 3.40. The molecule has 0 saturated carbocycles. The topological polar surface area (TPSA) is 74.1 Å². The molecule has 3 rings (SSSR count). The molecule has 1 amide bonds. The molecule has 7 nitrogen and oxygen atoms in total. The van der Waals surface area contributed by atoms with E-state index in [1.807, 2.05) is 35.7 Å². The van der Waals surface area contributed by atoms with E-state index < -0.39 is 0 Å². The van der Waals surface area contributed by atoms with Crippen molar-refractivity contribution in [2.75, 3.05) is 27.9 Å². The molecule has 0 aliphatic heterocycles. The molecule has 3 aromatic rings. The van der Waals surface area contributed by atoms with Gasteiger partial charge in [0.2, 0.25) is 5.75 Å². The number of nitrogens with one attached hydrogen (secondary N) is 1.